The van der Waals surface area contributed by atoms with Crippen LogP contribution in [-0.4, -0.2) is 10.9 Å². The SMILES string of the molecule is C=Cc1ccc(/C(=C/C(=C2\C(=O)Nc3cc(F)ccc32)C2CC2)C(C)(C)C)cn1. The van der Waals surface area contributed by atoms with Gasteiger partial charge < -0.3 is 5.32 Å². The van der Waals surface area contributed by atoms with Crippen LogP contribution < -0.4 is 5.32 Å². The standard InChI is InChI=1S/C25H25FN2O/c1-5-18-10-8-16(14-27-18)21(25(2,3)4)13-20(15-6-7-15)23-19-11-9-17(26)12-22(19)28-24(23)29/h5,8-15H,1,6-7H2,2-4H3,(H,28,29)/b21-13-,23-20+. The monoisotopic (exact) mass is 388 g/mol. The van der Waals surface area contributed by atoms with E-state index in [1.807, 2.05) is 18.3 Å². The highest BCUT2D eigenvalue weighted by molar-refractivity contribution is 6.32. The smallest absolute Gasteiger partial charge is 0.256 e. The Morgan fingerprint density at radius 2 is 2.00 bits per heavy atom. The average Bonchev–Trinajstić information content (AvgIpc) is 3.45. The maximum absolute atomic E-state index is 13.6. The predicted molar refractivity (Wildman–Crippen MR) is 116 cm³/mol. The molecule has 0 atom stereocenters. The fraction of sp³-hybridized carbons (Fsp3) is 0.280. The van der Waals surface area contributed by atoms with E-state index in [-0.39, 0.29) is 17.1 Å². The van der Waals surface area contributed by atoms with Crippen LogP contribution in [0.25, 0.3) is 17.2 Å². The molecular formula is C25H25FN2O. The summed E-state index contributed by atoms with van der Waals surface area (Å²) in [6, 6.07) is 8.50. The van der Waals surface area contributed by atoms with Crippen LogP contribution in [0.2, 0.25) is 0 Å². The minimum atomic E-state index is -0.349. The molecule has 0 bridgehead atoms. The quantitative estimate of drug-likeness (QED) is 0.642. The van der Waals surface area contributed by atoms with Crippen molar-refractivity contribution in [3.05, 3.63) is 77.4 Å². The van der Waals surface area contributed by atoms with Crippen LogP contribution in [0.5, 0.6) is 0 Å². The number of hydrogen-bond donors (Lipinski definition) is 1. The molecule has 0 unspecified atom stereocenters. The number of pyridine rings is 1. The van der Waals surface area contributed by atoms with Crippen molar-refractivity contribution in [2.24, 2.45) is 11.3 Å². The number of nitrogens with one attached hydrogen (secondary N) is 1. The van der Waals surface area contributed by atoms with Gasteiger partial charge in [0, 0.05) is 11.8 Å². The second-order valence-electron chi connectivity index (χ2n) is 8.73. The highest BCUT2D eigenvalue weighted by atomic mass is 19.1. The molecule has 1 aliphatic carbocycles. The van der Waals surface area contributed by atoms with Gasteiger partial charge >= 0.3 is 0 Å². The summed E-state index contributed by atoms with van der Waals surface area (Å²) < 4.78 is 13.6. The lowest BCUT2D eigenvalue weighted by Crippen LogP contribution is -2.11. The lowest BCUT2D eigenvalue weighted by Gasteiger charge is -2.24. The molecule has 1 aromatic carbocycles. The first-order chi connectivity index (χ1) is 13.8. The molecule has 1 amide bonds. The highest BCUT2D eigenvalue weighted by Gasteiger charge is 2.35. The third kappa shape index (κ3) is 3.80. The zero-order chi connectivity index (χ0) is 20.8. The first kappa shape index (κ1) is 19.3. The first-order valence-electron chi connectivity index (χ1n) is 9.94. The topological polar surface area (TPSA) is 42.0 Å². The van der Waals surface area contributed by atoms with E-state index >= 15 is 0 Å². The van der Waals surface area contributed by atoms with Gasteiger partial charge in [0.15, 0.2) is 0 Å². The Morgan fingerprint density at radius 1 is 1.24 bits per heavy atom. The Morgan fingerprint density at radius 3 is 2.59 bits per heavy atom. The molecular weight excluding hydrogens is 363 g/mol. The molecule has 2 aliphatic rings. The molecule has 29 heavy (non-hydrogen) atoms. The number of halogens is 1. The zero-order valence-corrected chi connectivity index (χ0v) is 17.1. The first-order valence-corrected chi connectivity index (χ1v) is 9.94. The number of benzene rings is 1. The van der Waals surface area contributed by atoms with E-state index in [9.17, 15) is 9.18 Å². The van der Waals surface area contributed by atoms with Crippen molar-refractivity contribution < 1.29 is 9.18 Å². The maximum Gasteiger partial charge on any atom is 0.256 e. The van der Waals surface area contributed by atoms with Gasteiger partial charge in [0.25, 0.3) is 5.91 Å². The summed E-state index contributed by atoms with van der Waals surface area (Å²) in [6.07, 6.45) is 7.87. The lowest BCUT2D eigenvalue weighted by atomic mass is 9.80. The van der Waals surface area contributed by atoms with Crippen molar-refractivity contribution in [1.82, 2.24) is 4.98 Å². The van der Waals surface area contributed by atoms with E-state index in [0.717, 1.165) is 40.8 Å². The Kier molecular flexibility index (Phi) is 4.73. The number of hydrogen-bond acceptors (Lipinski definition) is 2. The third-order valence-corrected chi connectivity index (χ3v) is 5.45. The van der Waals surface area contributed by atoms with Gasteiger partial charge in [-0.3, -0.25) is 9.78 Å². The number of amides is 1. The summed E-state index contributed by atoms with van der Waals surface area (Å²) in [7, 11) is 0. The van der Waals surface area contributed by atoms with Crippen molar-refractivity contribution in [2.75, 3.05) is 5.32 Å². The van der Waals surface area contributed by atoms with Gasteiger partial charge in [0.05, 0.1) is 17.0 Å². The lowest BCUT2D eigenvalue weighted by molar-refractivity contribution is -0.110. The summed E-state index contributed by atoms with van der Waals surface area (Å²) in [5.74, 6) is -0.153. The Balaban J connectivity index is 1.90. The molecule has 0 saturated heterocycles. The van der Waals surface area contributed by atoms with E-state index in [1.165, 1.54) is 12.1 Å². The summed E-state index contributed by atoms with van der Waals surface area (Å²) in [4.78, 5) is 17.3. The van der Waals surface area contributed by atoms with Crippen molar-refractivity contribution in [1.29, 1.82) is 0 Å². The van der Waals surface area contributed by atoms with Crippen molar-refractivity contribution in [3.8, 4) is 0 Å². The van der Waals surface area contributed by atoms with Gasteiger partial charge in [-0.15, -0.1) is 0 Å². The van der Waals surface area contributed by atoms with Crippen molar-refractivity contribution >= 4 is 28.8 Å². The van der Waals surface area contributed by atoms with Crippen LogP contribution in [0.3, 0.4) is 0 Å². The second kappa shape index (κ2) is 7.11. The number of carbonyl (C=O) groups is 1. The maximum atomic E-state index is 13.6. The van der Waals surface area contributed by atoms with Gasteiger partial charge in [-0.1, -0.05) is 39.5 Å². The molecule has 2 heterocycles. The predicted octanol–water partition coefficient (Wildman–Crippen LogP) is 6.11. The molecule has 1 fully saturated rings. The normalized spacial score (nSPS) is 18.3. The van der Waals surface area contributed by atoms with Crippen LogP contribution in [0.15, 0.2) is 54.8 Å². The van der Waals surface area contributed by atoms with Gasteiger partial charge in [-0.25, -0.2) is 4.39 Å². The van der Waals surface area contributed by atoms with E-state index in [4.69, 9.17) is 0 Å². The van der Waals surface area contributed by atoms with Crippen LogP contribution in [0.1, 0.15) is 50.4 Å². The van der Waals surface area contributed by atoms with Gasteiger partial charge in [-0.05, 0) is 71.2 Å². The number of nitrogens with zero attached hydrogens (tertiary/aromatic N) is 1. The van der Waals surface area contributed by atoms with Crippen LogP contribution in [-0.2, 0) is 4.79 Å². The molecule has 0 radical (unpaired) electrons. The molecule has 2 aromatic rings. The number of rotatable bonds is 4. The number of carbonyl (C=O) groups excluding carboxylic acids is 1. The Bertz CT molecular complexity index is 1050. The number of aromatic nitrogens is 1. The Hall–Kier alpha value is -3.01. The van der Waals surface area contributed by atoms with Crippen molar-refractivity contribution in [3.63, 3.8) is 0 Å². The van der Waals surface area contributed by atoms with Gasteiger partial charge in [-0.2, -0.15) is 0 Å². The molecule has 1 N–H and O–H groups in total. The molecule has 1 saturated carbocycles. The fourth-order valence-electron chi connectivity index (χ4n) is 3.79. The average molecular weight is 388 g/mol. The molecule has 3 nitrogen and oxygen atoms in total. The summed E-state index contributed by atoms with van der Waals surface area (Å²) in [6.45, 7) is 10.2. The van der Waals surface area contributed by atoms with E-state index in [2.05, 4.69) is 43.7 Å². The molecule has 0 spiro atoms. The summed E-state index contributed by atoms with van der Waals surface area (Å²) >= 11 is 0. The summed E-state index contributed by atoms with van der Waals surface area (Å²) in [5.41, 5.74) is 5.87. The number of fused-ring (bicyclic) bond motifs is 1. The van der Waals surface area contributed by atoms with Crippen LogP contribution in [0, 0.1) is 17.2 Å². The fourth-order valence-corrected chi connectivity index (χ4v) is 3.79. The van der Waals surface area contributed by atoms with E-state index in [0.29, 0.717) is 17.2 Å². The number of anilines is 1. The van der Waals surface area contributed by atoms with Crippen LogP contribution >= 0.6 is 0 Å². The molecule has 148 valence electrons. The zero-order valence-electron chi connectivity index (χ0n) is 17.1. The number of allylic oxidation sites excluding steroid dienone is 3. The summed E-state index contributed by atoms with van der Waals surface area (Å²) in [5, 5.41) is 2.83. The molecule has 4 heteroatoms. The highest BCUT2D eigenvalue weighted by Crippen LogP contribution is 2.47. The van der Waals surface area contributed by atoms with E-state index < -0.39 is 0 Å². The minimum Gasteiger partial charge on any atom is -0.321 e. The van der Waals surface area contributed by atoms with Crippen LogP contribution in [0.4, 0.5) is 10.1 Å². The Labute approximate surface area is 171 Å². The third-order valence-electron chi connectivity index (χ3n) is 5.45. The second-order valence-corrected chi connectivity index (χ2v) is 8.73. The molecule has 1 aromatic heterocycles. The van der Waals surface area contributed by atoms with E-state index in [1.54, 1.807) is 12.1 Å². The minimum absolute atomic E-state index is 0.140. The van der Waals surface area contributed by atoms with Crippen molar-refractivity contribution in [2.45, 2.75) is 33.6 Å². The van der Waals surface area contributed by atoms with Gasteiger partial charge in [0.1, 0.15) is 5.82 Å². The molecule has 4 rings (SSSR count). The molecule has 1 aliphatic heterocycles. The largest absolute Gasteiger partial charge is 0.321 e. The van der Waals surface area contributed by atoms with Gasteiger partial charge in [0.2, 0.25) is 0 Å².